The first kappa shape index (κ1) is 26.8. The van der Waals surface area contributed by atoms with E-state index in [-0.39, 0.29) is 22.9 Å². The van der Waals surface area contributed by atoms with Crippen molar-refractivity contribution >= 4 is 29.6 Å². The summed E-state index contributed by atoms with van der Waals surface area (Å²) >= 11 is 4.12. The lowest BCUT2D eigenvalue weighted by molar-refractivity contribution is -0.322. The van der Waals surface area contributed by atoms with Crippen LogP contribution in [0.4, 0.5) is 4.79 Å². The van der Waals surface area contributed by atoms with Crippen LogP contribution in [-0.2, 0) is 32.1 Å². The van der Waals surface area contributed by atoms with Crippen molar-refractivity contribution in [1.82, 2.24) is 10.3 Å². The van der Waals surface area contributed by atoms with Crippen LogP contribution >= 0.6 is 23.5 Å². The molecule has 9 heteroatoms. The molecule has 1 amide bonds. The second-order valence-electron chi connectivity index (χ2n) is 9.90. The standard InChI is InChI=1S/C28H36N2O5S2/c31-26(30-17-23-10-4-5-13-29-23)33-20-24-11-6-12-27(34-24)21-28(36-14-7-15-37-28)16-25(35-27)19-32-18-22-8-2-1-3-9-22/h1-5,8-10,13,24-25H,6-7,11-12,14-21H2,(H,30,31). The Balaban J connectivity index is 1.17. The molecule has 1 N–H and O–H groups in total. The Hall–Kier alpha value is -1.78. The SMILES string of the molecule is O=C(NCc1ccccn1)OCC1CCCC2(CC3(CC(COCc4ccccc4)O2)SCCCS3)O1. The smallest absolute Gasteiger partial charge is 0.407 e. The van der Waals surface area contributed by atoms with E-state index < -0.39 is 11.9 Å². The third-order valence-electron chi connectivity index (χ3n) is 6.90. The maximum Gasteiger partial charge on any atom is 0.407 e. The number of carbonyl (C=O) groups excluding carboxylic acids is 1. The molecule has 37 heavy (non-hydrogen) atoms. The van der Waals surface area contributed by atoms with Gasteiger partial charge in [-0.15, -0.1) is 23.5 Å². The molecule has 3 fully saturated rings. The van der Waals surface area contributed by atoms with Gasteiger partial charge in [0.1, 0.15) is 6.61 Å². The quantitative estimate of drug-likeness (QED) is 0.464. The zero-order valence-corrected chi connectivity index (χ0v) is 22.8. The van der Waals surface area contributed by atoms with Crippen LogP contribution in [0.25, 0.3) is 0 Å². The Labute approximate surface area is 227 Å². The van der Waals surface area contributed by atoms with Crippen LogP contribution < -0.4 is 5.32 Å². The van der Waals surface area contributed by atoms with Gasteiger partial charge in [0.15, 0.2) is 5.79 Å². The second kappa shape index (κ2) is 12.8. The highest BCUT2D eigenvalue weighted by Crippen LogP contribution is 2.56. The number of carbonyl (C=O) groups is 1. The molecule has 2 aromatic rings. The van der Waals surface area contributed by atoms with Gasteiger partial charge >= 0.3 is 6.09 Å². The minimum atomic E-state index is -0.660. The van der Waals surface area contributed by atoms with Gasteiger partial charge in [-0.2, -0.15) is 0 Å². The van der Waals surface area contributed by atoms with Crippen LogP contribution in [0.2, 0.25) is 0 Å². The monoisotopic (exact) mass is 544 g/mol. The number of hydrogen-bond acceptors (Lipinski definition) is 8. The molecule has 7 nitrogen and oxygen atoms in total. The number of nitrogens with one attached hydrogen (secondary N) is 1. The molecule has 0 bridgehead atoms. The fraction of sp³-hybridized carbons (Fsp3) is 0.571. The summed E-state index contributed by atoms with van der Waals surface area (Å²) in [5.41, 5.74) is 1.95. The minimum Gasteiger partial charge on any atom is -0.447 e. The summed E-state index contributed by atoms with van der Waals surface area (Å²) in [4.78, 5) is 16.5. The molecule has 4 heterocycles. The Morgan fingerprint density at radius 2 is 1.84 bits per heavy atom. The van der Waals surface area contributed by atoms with E-state index in [1.54, 1.807) is 6.20 Å². The lowest BCUT2D eigenvalue weighted by Gasteiger charge is -2.53. The molecule has 1 aromatic carbocycles. The fourth-order valence-electron chi connectivity index (χ4n) is 5.27. The van der Waals surface area contributed by atoms with Crippen molar-refractivity contribution in [1.29, 1.82) is 0 Å². The van der Waals surface area contributed by atoms with Gasteiger partial charge in [-0.05, 0) is 54.9 Å². The molecular weight excluding hydrogens is 508 g/mol. The number of nitrogens with zero attached hydrogens (tertiary/aromatic N) is 1. The lowest BCUT2D eigenvalue weighted by Crippen LogP contribution is -2.56. The number of amides is 1. The van der Waals surface area contributed by atoms with Gasteiger partial charge in [-0.1, -0.05) is 36.4 Å². The number of ether oxygens (including phenoxy) is 4. The van der Waals surface area contributed by atoms with E-state index in [1.807, 2.05) is 36.4 Å². The highest BCUT2D eigenvalue weighted by Gasteiger charge is 2.53. The van der Waals surface area contributed by atoms with Gasteiger partial charge in [0.05, 0.1) is 41.7 Å². The van der Waals surface area contributed by atoms with E-state index in [9.17, 15) is 4.79 Å². The number of alkyl carbamates (subject to hydrolysis) is 1. The van der Waals surface area contributed by atoms with Crippen LogP contribution in [0.3, 0.4) is 0 Å². The molecule has 0 radical (unpaired) electrons. The molecule has 3 aliphatic heterocycles. The van der Waals surface area contributed by atoms with Crippen LogP contribution in [-0.4, -0.2) is 57.9 Å². The molecule has 5 rings (SSSR count). The molecule has 0 aliphatic carbocycles. The molecule has 0 saturated carbocycles. The highest BCUT2D eigenvalue weighted by molar-refractivity contribution is 8.18. The summed E-state index contributed by atoms with van der Waals surface area (Å²) in [6.07, 6.45) is 6.77. The first-order valence-corrected chi connectivity index (χ1v) is 15.1. The van der Waals surface area contributed by atoms with E-state index in [0.717, 1.165) is 43.4 Å². The van der Waals surface area contributed by atoms with Gasteiger partial charge in [-0.3, -0.25) is 4.98 Å². The topological polar surface area (TPSA) is 78.9 Å². The minimum absolute atomic E-state index is 0.0306. The average molecular weight is 545 g/mol. The van der Waals surface area contributed by atoms with Crippen molar-refractivity contribution in [3.63, 3.8) is 0 Å². The van der Waals surface area contributed by atoms with Crippen molar-refractivity contribution in [2.75, 3.05) is 24.7 Å². The maximum absolute atomic E-state index is 12.3. The Bertz CT molecular complexity index is 993. The molecule has 200 valence electrons. The predicted octanol–water partition coefficient (Wildman–Crippen LogP) is 5.54. The normalized spacial score (nSPS) is 27.1. The average Bonchev–Trinajstić information content (AvgIpc) is 2.92. The summed E-state index contributed by atoms with van der Waals surface area (Å²) in [5.74, 6) is 1.68. The largest absolute Gasteiger partial charge is 0.447 e. The number of rotatable bonds is 8. The summed E-state index contributed by atoms with van der Waals surface area (Å²) in [6, 6.07) is 15.9. The number of thioether (sulfide) groups is 2. The summed E-state index contributed by atoms with van der Waals surface area (Å²) in [5, 5.41) is 2.77. The molecule has 3 aliphatic rings. The number of aromatic nitrogens is 1. The Morgan fingerprint density at radius 3 is 2.65 bits per heavy atom. The molecule has 2 spiro atoms. The third-order valence-corrected chi connectivity index (χ3v) is 10.3. The lowest BCUT2D eigenvalue weighted by atomic mass is 9.92. The van der Waals surface area contributed by atoms with Crippen molar-refractivity contribution in [3.8, 4) is 0 Å². The Morgan fingerprint density at radius 1 is 1.03 bits per heavy atom. The van der Waals surface area contributed by atoms with Crippen molar-refractivity contribution in [2.45, 2.75) is 73.8 Å². The molecule has 3 atom stereocenters. The fourth-order valence-corrected chi connectivity index (χ4v) is 8.86. The summed E-state index contributed by atoms with van der Waals surface area (Å²) < 4.78 is 25.0. The van der Waals surface area contributed by atoms with E-state index in [4.69, 9.17) is 18.9 Å². The second-order valence-corrected chi connectivity index (χ2v) is 13.1. The zero-order chi connectivity index (χ0) is 25.4. The van der Waals surface area contributed by atoms with Gasteiger partial charge in [0, 0.05) is 19.0 Å². The number of benzene rings is 1. The summed E-state index contributed by atoms with van der Waals surface area (Å²) in [6.45, 7) is 1.66. The molecular formula is C28H36N2O5S2. The van der Waals surface area contributed by atoms with Gasteiger partial charge in [0.25, 0.3) is 0 Å². The molecule has 1 aromatic heterocycles. The Kier molecular flexibility index (Phi) is 9.31. The predicted molar refractivity (Wildman–Crippen MR) is 146 cm³/mol. The number of pyridine rings is 1. The van der Waals surface area contributed by atoms with E-state index in [0.29, 0.717) is 19.8 Å². The van der Waals surface area contributed by atoms with Crippen LogP contribution in [0, 0.1) is 0 Å². The first-order valence-electron chi connectivity index (χ1n) is 13.2. The summed E-state index contributed by atoms with van der Waals surface area (Å²) in [7, 11) is 0. The molecule has 3 saturated heterocycles. The van der Waals surface area contributed by atoms with Gasteiger partial charge in [-0.25, -0.2) is 4.79 Å². The van der Waals surface area contributed by atoms with Crippen molar-refractivity contribution in [3.05, 3.63) is 66.0 Å². The van der Waals surface area contributed by atoms with Crippen molar-refractivity contribution in [2.24, 2.45) is 0 Å². The van der Waals surface area contributed by atoms with Crippen molar-refractivity contribution < 1.29 is 23.7 Å². The first-order chi connectivity index (χ1) is 18.1. The zero-order valence-electron chi connectivity index (χ0n) is 21.1. The van der Waals surface area contributed by atoms with Crippen LogP contribution in [0.1, 0.15) is 49.8 Å². The van der Waals surface area contributed by atoms with Gasteiger partial charge in [0.2, 0.25) is 0 Å². The van der Waals surface area contributed by atoms with E-state index >= 15 is 0 Å². The van der Waals surface area contributed by atoms with E-state index in [2.05, 4.69) is 46.0 Å². The van der Waals surface area contributed by atoms with Gasteiger partial charge < -0.3 is 24.3 Å². The maximum atomic E-state index is 12.3. The molecule has 3 unspecified atom stereocenters. The number of hydrogen-bond donors (Lipinski definition) is 1. The van der Waals surface area contributed by atoms with Crippen LogP contribution in [0.5, 0.6) is 0 Å². The third kappa shape index (κ3) is 7.63. The van der Waals surface area contributed by atoms with Crippen LogP contribution in [0.15, 0.2) is 54.7 Å². The van der Waals surface area contributed by atoms with E-state index in [1.165, 1.54) is 17.9 Å². The highest BCUT2D eigenvalue weighted by atomic mass is 32.2.